The maximum Gasteiger partial charge on any atom is 0.326 e. The first-order chi connectivity index (χ1) is 63.1. The summed E-state index contributed by atoms with van der Waals surface area (Å²) in [6.07, 6.45) is -4.56. The number of nitrogens with two attached hydrogens (primary N) is 3. The number of hydrogen-bond donors (Lipinski definition) is 23. The predicted octanol–water partition coefficient (Wildman–Crippen LogP) is -1.26. The van der Waals surface area contributed by atoms with Crippen LogP contribution in [-0.2, 0) is 115 Å². The molecule has 3 aromatic carbocycles. The zero-order valence-corrected chi connectivity index (χ0v) is 76.8. The van der Waals surface area contributed by atoms with Gasteiger partial charge >= 0.3 is 29.8 Å². The van der Waals surface area contributed by atoms with Gasteiger partial charge in [-0.25, -0.2) is 4.79 Å². The number of amides is 15. The summed E-state index contributed by atoms with van der Waals surface area (Å²) < 4.78 is 0. The Kier molecular flexibility index (Phi) is 45.0. The number of fused-ring (bicyclic) bond motifs is 1. The lowest BCUT2D eigenvalue weighted by atomic mass is 9.95. The first-order valence-electron chi connectivity index (χ1n) is 44.6. The van der Waals surface area contributed by atoms with Gasteiger partial charge in [-0.1, -0.05) is 136 Å². The van der Waals surface area contributed by atoms with E-state index in [0.29, 0.717) is 34.0 Å². The summed E-state index contributed by atoms with van der Waals surface area (Å²) in [6, 6.07) is -4.32. The summed E-state index contributed by atoms with van der Waals surface area (Å²) in [5.74, 6) is -26.8. The van der Waals surface area contributed by atoms with E-state index >= 15 is 24.0 Å². The monoisotopic (exact) mass is 1880 g/mol. The van der Waals surface area contributed by atoms with Crippen LogP contribution in [0.3, 0.4) is 0 Å². The van der Waals surface area contributed by atoms with Crippen LogP contribution in [0.2, 0.25) is 0 Å². The molecule has 4 aromatic rings. The minimum Gasteiger partial charge on any atom is -0.508 e. The van der Waals surface area contributed by atoms with E-state index in [2.05, 4.69) is 74.1 Å². The Hall–Kier alpha value is -13.7. The third-order valence-corrected chi connectivity index (χ3v) is 22.2. The summed E-state index contributed by atoms with van der Waals surface area (Å²) in [5, 5.41) is 92.0. The van der Waals surface area contributed by atoms with E-state index in [1.54, 1.807) is 116 Å². The lowest BCUT2D eigenvalue weighted by Gasteiger charge is -2.33. The van der Waals surface area contributed by atoms with Gasteiger partial charge in [0.05, 0.1) is 31.7 Å². The highest BCUT2D eigenvalue weighted by Gasteiger charge is 2.44. The number of nitrogens with zero attached hydrogens (tertiary/aromatic N) is 1. The molecule has 5 rings (SSSR count). The number of rotatable bonds is 58. The molecule has 134 heavy (non-hydrogen) atoms. The van der Waals surface area contributed by atoms with Gasteiger partial charge in [-0.05, 0) is 129 Å². The van der Waals surface area contributed by atoms with Crippen LogP contribution in [0, 0.1) is 29.6 Å². The van der Waals surface area contributed by atoms with E-state index in [1.807, 2.05) is 13.8 Å². The average Bonchev–Trinajstić information content (AvgIpc) is 1.62. The highest BCUT2D eigenvalue weighted by Crippen LogP contribution is 2.25. The molecule has 0 aliphatic carbocycles. The molecule has 0 unspecified atom stereocenters. The summed E-state index contributed by atoms with van der Waals surface area (Å²) in [4.78, 5) is 281. The van der Waals surface area contributed by atoms with Crippen molar-refractivity contribution in [1.29, 1.82) is 0 Å². The summed E-state index contributed by atoms with van der Waals surface area (Å²) in [6.45, 7) is 16.8. The number of aromatic hydroxyl groups is 1. The Labute approximate surface area is 774 Å². The fourth-order valence-electron chi connectivity index (χ4n) is 14.9. The fourth-order valence-corrected chi connectivity index (χ4v) is 14.9. The standard InChI is InChI=1S/C90H130N18O26/c1-11-49(10)75(107-88(131)74(48(8)9)106-86(129)66(43-73(117)118)97-76(119)55(92)34-45(2)3)89(132)108-33-19-25-68(108)87(130)104-61(37-50-20-13-12-14-21-50)81(124)100-62(39-52-44-94-56-23-16-15-22-54(52)56)82(125)95-57(24-17-18-32-91)77(120)98-59(35-46(4)5)79(122)103-64(41-71(113)114)84(127)99-60(36-47(6)7)80(123)102-63(40-70(111)112)83(126)96-58(30-31-69(93)110)78(121)101-65(42-72(115)116)85(128)105-67(90(133)134)38-51-26-28-53(109)29-27-51/h12-16,20-23,26-29,44-49,55,57-68,74-75,94,109H,11,17-19,24-25,30-43,91-92H2,1-10H3,(H2,93,110)(H,95,125)(H,96,126)(H,97,119)(H,98,120)(H,99,127)(H,100,124)(H,101,121)(H,102,123)(H,103,122)(H,104,130)(H,105,128)(H,106,129)(H,107,131)(H,111,112)(H,113,114)(H,115,116)(H,117,118)(H,133,134)/t49-,55-,57-,58-,59-,60-,61-,62-,63-,64-,65-,66-,67-,68-,74-,75-/m0/s1. The number of aromatic amines is 1. The van der Waals surface area contributed by atoms with Crippen LogP contribution in [0.1, 0.15) is 182 Å². The van der Waals surface area contributed by atoms with Crippen molar-refractivity contribution in [2.45, 2.75) is 275 Å². The minimum atomic E-state index is -2.18. The molecule has 44 nitrogen and oxygen atoms in total. The number of H-pyrrole nitrogens is 1. The molecule has 16 atom stereocenters. The molecule has 0 saturated carbocycles. The van der Waals surface area contributed by atoms with Crippen LogP contribution >= 0.6 is 0 Å². The summed E-state index contributed by atoms with van der Waals surface area (Å²) in [7, 11) is 0. The molecule has 44 heteroatoms. The third kappa shape index (κ3) is 36.8. The van der Waals surface area contributed by atoms with Crippen molar-refractivity contribution >= 4 is 129 Å². The number of aromatic nitrogens is 1. The maximum atomic E-state index is 15.4. The third-order valence-electron chi connectivity index (χ3n) is 22.2. The second-order valence-electron chi connectivity index (χ2n) is 35.1. The minimum absolute atomic E-state index is 0.00858. The van der Waals surface area contributed by atoms with Crippen molar-refractivity contribution in [2.24, 2.45) is 46.8 Å². The van der Waals surface area contributed by atoms with Crippen LogP contribution in [0.4, 0.5) is 0 Å². The fraction of sp³-hybridized carbons (Fsp3) is 0.556. The molecule has 15 amide bonds. The van der Waals surface area contributed by atoms with Crippen molar-refractivity contribution in [2.75, 3.05) is 13.1 Å². The highest BCUT2D eigenvalue weighted by atomic mass is 16.4. The number of hydrogen-bond acceptors (Lipinski definition) is 23. The highest BCUT2D eigenvalue weighted by molar-refractivity contribution is 6.03. The van der Waals surface area contributed by atoms with Gasteiger partial charge in [0.1, 0.15) is 90.3 Å². The summed E-state index contributed by atoms with van der Waals surface area (Å²) in [5.41, 5.74) is 19.3. The topological polar surface area (TPSA) is 716 Å². The van der Waals surface area contributed by atoms with Gasteiger partial charge < -0.3 is 127 Å². The van der Waals surface area contributed by atoms with Gasteiger partial charge in [0.25, 0.3) is 0 Å². The molecule has 1 saturated heterocycles. The second-order valence-corrected chi connectivity index (χ2v) is 35.1. The molecule has 0 radical (unpaired) electrons. The smallest absolute Gasteiger partial charge is 0.326 e. The SMILES string of the molecule is CC[C@H](C)[C@H](NC(=O)[C@@H](NC(=O)[C@H](CC(=O)O)NC(=O)[C@@H](N)CC(C)C)C(C)C)C(=O)N1CCC[C@H]1C(=O)N[C@@H](Cc1ccccc1)C(=O)N[C@@H](Cc1c[nH]c2ccccc12)C(=O)N[C@@H](CCCCN)C(=O)N[C@@H](CC(C)C)C(=O)N[C@@H](CC(=O)O)C(=O)N[C@@H](CC(C)C)C(=O)N[C@@H](CC(=O)O)C(=O)N[C@@H](CCC(N)=O)C(=O)N[C@@H](CC(=O)O)C(=O)N[C@@H](Cc1ccc(O)cc1)C(=O)O. The molecule has 26 N–H and O–H groups in total. The number of carbonyl (C=O) groups excluding carboxylic acids is 15. The van der Waals surface area contributed by atoms with Crippen LogP contribution < -0.4 is 86.3 Å². The van der Waals surface area contributed by atoms with E-state index in [4.69, 9.17) is 17.2 Å². The van der Waals surface area contributed by atoms with Crippen LogP contribution in [0.5, 0.6) is 5.75 Å². The van der Waals surface area contributed by atoms with E-state index in [1.165, 1.54) is 29.2 Å². The van der Waals surface area contributed by atoms with Gasteiger partial charge in [-0.3, -0.25) is 91.1 Å². The predicted molar refractivity (Wildman–Crippen MR) is 482 cm³/mol. The first kappa shape index (κ1) is 111. The van der Waals surface area contributed by atoms with Crippen LogP contribution in [0.15, 0.2) is 85.1 Å². The number of benzene rings is 3. The van der Waals surface area contributed by atoms with Crippen LogP contribution in [-0.4, -0.2) is 263 Å². The average molecular weight is 1880 g/mol. The summed E-state index contributed by atoms with van der Waals surface area (Å²) >= 11 is 0. The normalized spacial score (nSPS) is 15.8. The Morgan fingerprint density at radius 3 is 1.28 bits per heavy atom. The number of carboxylic acid groups (broad SMARTS) is 5. The number of unbranched alkanes of at least 4 members (excludes halogenated alkanes) is 1. The molecule has 0 spiro atoms. The molecule has 736 valence electrons. The van der Waals surface area contributed by atoms with Gasteiger partial charge in [0.15, 0.2) is 0 Å². The van der Waals surface area contributed by atoms with Crippen molar-refractivity contribution in [3.8, 4) is 5.75 Å². The number of para-hydroxylation sites is 1. The molecular weight excluding hydrogens is 1750 g/mol. The Morgan fingerprint density at radius 1 is 0.425 bits per heavy atom. The molecule has 1 aliphatic rings. The first-order valence-corrected chi connectivity index (χ1v) is 44.6. The van der Waals surface area contributed by atoms with Crippen LogP contribution in [0.25, 0.3) is 10.9 Å². The van der Waals surface area contributed by atoms with Crippen molar-refractivity contribution < 1.29 is 127 Å². The largest absolute Gasteiger partial charge is 0.508 e. The lowest BCUT2D eigenvalue weighted by Crippen LogP contribution is -2.62. The quantitative estimate of drug-likeness (QED) is 0.0229. The Morgan fingerprint density at radius 2 is 0.821 bits per heavy atom. The number of nitrogens with one attached hydrogen (secondary N) is 14. The molecule has 0 bridgehead atoms. The number of carboxylic acids is 5. The molecular formula is C90H130N18O26. The molecule has 1 fully saturated rings. The number of phenolic OH excluding ortho intramolecular Hbond substituents is 1. The maximum absolute atomic E-state index is 15.4. The Bertz CT molecular complexity index is 4780. The van der Waals surface area contributed by atoms with Crippen molar-refractivity contribution in [3.05, 3.63) is 102 Å². The van der Waals surface area contributed by atoms with E-state index in [0.717, 1.165) is 0 Å². The zero-order chi connectivity index (χ0) is 100. The number of carbonyl (C=O) groups is 20. The second kappa shape index (κ2) is 54.3. The zero-order valence-electron chi connectivity index (χ0n) is 76.8. The number of aliphatic carboxylic acids is 5. The van der Waals surface area contributed by atoms with Crippen molar-refractivity contribution in [1.82, 2.24) is 79.0 Å². The van der Waals surface area contributed by atoms with Crippen molar-refractivity contribution in [3.63, 3.8) is 0 Å². The number of primary amides is 1. The van der Waals surface area contributed by atoms with Gasteiger partial charge in [0, 0.05) is 49.3 Å². The van der Waals surface area contributed by atoms with E-state index < -0.39 is 278 Å². The van der Waals surface area contributed by atoms with E-state index in [-0.39, 0.29) is 89.0 Å². The Balaban J connectivity index is 1.42. The molecule has 1 aromatic heterocycles. The molecule has 2 heterocycles. The van der Waals surface area contributed by atoms with E-state index in [9.17, 15) is 103 Å². The number of phenols is 1. The lowest BCUT2D eigenvalue weighted by molar-refractivity contribution is -0.144. The van der Waals surface area contributed by atoms with Gasteiger partial charge in [-0.15, -0.1) is 0 Å². The molecule has 1 aliphatic heterocycles. The van der Waals surface area contributed by atoms with Gasteiger partial charge in [-0.2, -0.15) is 0 Å². The van der Waals surface area contributed by atoms with Gasteiger partial charge in [0.2, 0.25) is 88.6 Å². The number of likely N-dealkylation sites (tertiary alicyclic amines) is 1.